The Labute approximate surface area is 175 Å². The molecule has 11 heteroatoms. The molecule has 2 aromatic rings. The molecule has 1 aliphatic rings. The molecule has 0 unspecified atom stereocenters. The van der Waals surface area contributed by atoms with Crippen molar-refractivity contribution in [2.45, 2.75) is 57.7 Å². The Morgan fingerprint density at radius 2 is 2.07 bits per heavy atom. The van der Waals surface area contributed by atoms with Crippen molar-refractivity contribution in [2.24, 2.45) is 12.5 Å². The highest BCUT2D eigenvalue weighted by atomic mass is 32.2. The van der Waals surface area contributed by atoms with Crippen molar-refractivity contribution in [1.29, 1.82) is 5.26 Å². The fourth-order valence-electron chi connectivity index (χ4n) is 3.05. The molecule has 1 fully saturated rings. The van der Waals surface area contributed by atoms with Crippen molar-refractivity contribution in [3.8, 4) is 17.5 Å². The number of amides is 1. The van der Waals surface area contributed by atoms with E-state index in [4.69, 9.17) is 4.74 Å². The molecule has 2 aromatic heterocycles. The zero-order valence-corrected chi connectivity index (χ0v) is 18.6. The molecule has 0 bridgehead atoms. The first kappa shape index (κ1) is 21.8. The molecule has 0 spiro atoms. The van der Waals surface area contributed by atoms with Gasteiger partial charge < -0.3 is 9.30 Å². The van der Waals surface area contributed by atoms with Crippen LogP contribution in [0.15, 0.2) is 17.4 Å². The van der Waals surface area contributed by atoms with Gasteiger partial charge in [-0.25, -0.2) is 18.2 Å². The minimum absolute atomic E-state index is 0.0907. The van der Waals surface area contributed by atoms with E-state index in [2.05, 4.69) is 21.5 Å². The summed E-state index contributed by atoms with van der Waals surface area (Å²) < 4.78 is 33.7. The fourth-order valence-corrected chi connectivity index (χ4v) is 4.22. The highest BCUT2D eigenvalue weighted by Crippen LogP contribution is 2.46. The molecule has 0 atom stereocenters. The number of rotatable bonds is 6. The zero-order chi connectivity index (χ0) is 22.3. The van der Waals surface area contributed by atoms with E-state index in [1.54, 1.807) is 44.9 Å². The summed E-state index contributed by atoms with van der Waals surface area (Å²) in [4.78, 5) is 16.6. The Bertz CT molecular complexity index is 1110. The number of sulfone groups is 1. The molecule has 10 nitrogen and oxygen atoms in total. The van der Waals surface area contributed by atoms with E-state index in [-0.39, 0.29) is 22.0 Å². The summed E-state index contributed by atoms with van der Waals surface area (Å²) in [7, 11) is -2.12. The van der Waals surface area contributed by atoms with Gasteiger partial charge in [-0.05, 0) is 33.6 Å². The van der Waals surface area contributed by atoms with E-state index in [9.17, 15) is 18.5 Å². The molecule has 0 saturated heterocycles. The minimum Gasteiger partial charge on any atom is -0.444 e. The van der Waals surface area contributed by atoms with Gasteiger partial charge in [0, 0.05) is 13.2 Å². The van der Waals surface area contributed by atoms with Gasteiger partial charge in [0.25, 0.3) is 0 Å². The lowest BCUT2D eigenvalue weighted by Crippen LogP contribution is -2.28. The summed E-state index contributed by atoms with van der Waals surface area (Å²) in [6.45, 7) is 7.12. The maximum Gasteiger partial charge on any atom is 0.413 e. The lowest BCUT2D eigenvalue weighted by Gasteiger charge is -2.19. The molecule has 30 heavy (non-hydrogen) atoms. The maximum atomic E-state index is 12.7. The third-order valence-corrected chi connectivity index (χ3v) is 6.60. The Morgan fingerprint density at radius 3 is 2.60 bits per heavy atom. The van der Waals surface area contributed by atoms with Crippen LogP contribution in [-0.4, -0.2) is 45.2 Å². The van der Waals surface area contributed by atoms with Crippen molar-refractivity contribution in [3.05, 3.63) is 12.4 Å². The van der Waals surface area contributed by atoms with Crippen LogP contribution in [0.25, 0.3) is 11.4 Å². The van der Waals surface area contributed by atoms with Crippen LogP contribution >= 0.6 is 0 Å². The minimum atomic E-state index is -3.69. The first-order valence-corrected chi connectivity index (χ1v) is 11.3. The average Bonchev–Trinajstić information content (AvgIpc) is 3.12. The van der Waals surface area contributed by atoms with Crippen LogP contribution in [-0.2, 0) is 28.2 Å². The zero-order valence-electron chi connectivity index (χ0n) is 17.8. The number of nitriles is 1. The average molecular weight is 435 g/mol. The van der Waals surface area contributed by atoms with E-state index >= 15 is 0 Å². The Kier molecular flexibility index (Phi) is 5.41. The SMILES string of the molecule is CCS(=O)(=O)c1c(NC(=O)OC(C)(C)C)nc(-c2cnn(CC3(C#N)CC3)c2)n1C. The molecular weight excluding hydrogens is 408 g/mol. The quantitative estimate of drug-likeness (QED) is 0.739. The van der Waals surface area contributed by atoms with Gasteiger partial charge in [0.15, 0.2) is 20.7 Å². The number of hydrogen-bond donors (Lipinski definition) is 1. The van der Waals surface area contributed by atoms with Gasteiger partial charge in [0.2, 0.25) is 0 Å². The first-order chi connectivity index (χ1) is 13.9. The predicted octanol–water partition coefficient (Wildman–Crippen LogP) is 2.73. The predicted molar refractivity (Wildman–Crippen MR) is 109 cm³/mol. The van der Waals surface area contributed by atoms with Crippen molar-refractivity contribution >= 4 is 21.7 Å². The third kappa shape index (κ3) is 4.48. The van der Waals surface area contributed by atoms with Gasteiger partial charge in [-0.2, -0.15) is 10.4 Å². The molecule has 3 rings (SSSR count). The number of nitrogens with zero attached hydrogens (tertiary/aromatic N) is 5. The van der Waals surface area contributed by atoms with Gasteiger partial charge in [0.1, 0.15) is 11.4 Å². The number of carbonyl (C=O) groups excluding carboxylic acids is 1. The number of anilines is 1. The summed E-state index contributed by atoms with van der Waals surface area (Å²) in [5.74, 6) is 0.0898. The molecule has 1 amide bonds. The summed E-state index contributed by atoms with van der Waals surface area (Å²) in [5, 5.41) is 15.9. The highest BCUT2D eigenvalue weighted by molar-refractivity contribution is 7.91. The number of carbonyl (C=O) groups is 1. The second kappa shape index (κ2) is 7.43. The van der Waals surface area contributed by atoms with Crippen molar-refractivity contribution in [3.63, 3.8) is 0 Å². The largest absolute Gasteiger partial charge is 0.444 e. The maximum absolute atomic E-state index is 12.7. The summed E-state index contributed by atoms with van der Waals surface area (Å²) in [5.41, 5.74) is -0.534. The van der Waals surface area contributed by atoms with Crippen molar-refractivity contribution in [1.82, 2.24) is 19.3 Å². The van der Waals surface area contributed by atoms with Gasteiger partial charge in [-0.15, -0.1) is 0 Å². The molecular formula is C19H26N6O4S. The Morgan fingerprint density at radius 1 is 1.40 bits per heavy atom. The van der Waals surface area contributed by atoms with Crippen LogP contribution in [0.1, 0.15) is 40.5 Å². The van der Waals surface area contributed by atoms with E-state index < -0.39 is 21.5 Å². The summed E-state index contributed by atoms with van der Waals surface area (Å²) in [6.07, 6.45) is 4.17. The number of imidazole rings is 1. The number of hydrogen-bond acceptors (Lipinski definition) is 7. The van der Waals surface area contributed by atoms with Crippen LogP contribution in [0.4, 0.5) is 10.6 Å². The van der Waals surface area contributed by atoms with E-state index in [1.165, 1.54) is 11.5 Å². The highest BCUT2D eigenvalue weighted by Gasteiger charge is 2.43. The van der Waals surface area contributed by atoms with Gasteiger partial charge in [-0.1, -0.05) is 6.92 Å². The van der Waals surface area contributed by atoms with E-state index in [0.717, 1.165) is 12.8 Å². The molecule has 0 aliphatic heterocycles. The molecule has 1 aliphatic carbocycles. The second-order valence-corrected chi connectivity index (χ2v) is 10.7. The summed E-state index contributed by atoms with van der Waals surface area (Å²) in [6, 6.07) is 2.32. The lowest BCUT2D eigenvalue weighted by atomic mass is 10.1. The van der Waals surface area contributed by atoms with E-state index in [1.807, 2.05) is 0 Å². The van der Waals surface area contributed by atoms with Crippen LogP contribution in [0.3, 0.4) is 0 Å². The van der Waals surface area contributed by atoms with Crippen LogP contribution < -0.4 is 5.32 Å². The smallest absolute Gasteiger partial charge is 0.413 e. The molecule has 1 N–H and O–H groups in total. The van der Waals surface area contributed by atoms with Crippen LogP contribution in [0, 0.1) is 16.7 Å². The first-order valence-electron chi connectivity index (χ1n) is 9.63. The van der Waals surface area contributed by atoms with Crippen LogP contribution in [0.2, 0.25) is 0 Å². The third-order valence-electron chi connectivity index (χ3n) is 4.78. The molecule has 1 saturated carbocycles. The standard InChI is InChI=1S/C19H26N6O4S/c1-6-30(27,28)16-14(23-17(26)29-18(2,3)4)22-15(24(16)5)13-9-21-25(10-13)12-19(11-20)7-8-19/h9-10H,6-8,12H2,1-5H3,(H,23,26). The van der Waals surface area contributed by atoms with Crippen LogP contribution in [0.5, 0.6) is 0 Å². The Balaban J connectivity index is 1.97. The fraction of sp³-hybridized carbons (Fsp3) is 0.579. The summed E-state index contributed by atoms with van der Waals surface area (Å²) >= 11 is 0. The lowest BCUT2D eigenvalue weighted by molar-refractivity contribution is 0.0635. The molecule has 2 heterocycles. The molecule has 0 aromatic carbocycles. The topological polar surface area (TPSA) is 132 Å². The number of ether oxygens (including phenoxy) is 1. The van der Waals surface area contributed by atoms with E-state index in [0.29, 0.717) is 17.9 Å². The second-order valence-electron chi connectivity index (χ2n) is 8.50. The number of nitrogens with one attached hydrogen (secondary N) is 1. The van der Waals surface area contributed by atoms with Crippen molar-refractivity contribution in [2.75, 3.05) is 11.1 Å². The molecule has 162 valence electrons. The Hall–Kier alpha value is -2.87. The van der Waals surface area contributed by atoms with Gasteiger partial charge in [-0.3, -0.25) is 10.00 Å². The van der Waals surface area contributed by atoms with Crippen molar-refractivity contribution < 1.29 is 17.9 Å². The number of aromatic nitrogens is 4. The monoisotopic (exact) mass is 434 g/mol. The van der Waals surface area contributed by atoms with Gasteiger partial charge >= 0.3 is 6.09 Å². The normalized spacial score (nSPS) is 15.5. The molecule has 0 radical (unpaired) electrons. The van der Waals surface area contributed by atoms with Gasteiger partial charge in [0.05, 0.1) is 35.5 Å².